The van der Waals surface area contributed by atoms with E-state index in [1.807, 2.05) is 30.3 Å². The average molecular weight is 222 g/mol. The van der Waals surface area contributed by atoms with Crippen LogP contribution in [0, 0.1) is 0 Å². The number of carbonyl (C=O) groups excluding carboxylic acids is 1. The first kappa shape index (κ1) is 12.5. The molecule has 0 spiro atoms. The van der Waals surface area contributed by atoms with Gasteiger partial charge in [-0.3, -0.25) is 4.79 Å². The molecule has 0 aliphatic heterocycles. The van der Waals surface area contributed by atoms with Gasteiger partial charge in [-0.15, -0.1) is 0 Å². The number of carbonyl (C=O) groups is 1. The molecule has 0 radical (unpaired) electrons. The number of hydrogen-bond acceptors (Lipinski definition) is 3. The number of primary amides is 1. The SMILES string of the molecule is NC(=O)CCCNCCOc1ccccc1. The van der Waals surface area contributed by atoms with Crippen LogP contribution in [0.15, 0.2) is 30.3 Å². The van der Waals surface area contributed by atoms with Gasteiger partial charge >= 0.3 is 0 Å². The van der Waals surface area contributed by atoms with E-state index >= 15 is 0 Å². The first-order chi connectivity index (χ1) is 7.79. The quantitative estimate of drug-likeness (QED) is 0.643. The number of hydrogen-bond donors (Lipinski definition) is 2. The lowest BCUT2D eigenvalue weighted by molar-refractivity contribution is -0.118. The fourth-order valence-corrected chi connectivity index (χ4v) is 1.27. The number of nitrogens with two attached hydrogens (primary N) is 1. The Morgan fingerprint density at radius 2 is 2.00 bits per heavy atom. The Morgan fingerprint density at radius 1 is 1.25 bits per heavy atom. The third-order valence-electron chi connectivity index (χ3n) is 2.07. The second-order valence-corrected chi connectivity index (χ2v) is 3.48. The zero-order chi connectivity index (χ0) is 11.6. The van der Waals surface area contributed by atoms with E-state index in [1.165, 1.54) is 0 Å². The van der Waals surface area contributed by atoms with Crippen LogP contribution in [-0.2, 0) is 4.79 Å². The van der Waals surface area contributed by atoms with Crippen molar-refractivity contribution in [3.63, 3.8) is 0 Å². The van der Waals surface area contributed by atoms with Crippen LogP contribution >= 0.6 is 0 Å². The van der Waals surface area contributed by atoms with Gasteiger partial charge in [0.15, 0.2) is 0 Å². The van der Waals surface area contributed by atoms with Crippen LogP contribution in [-0.4, -0.2) is 25.6 Å². The van der Waals surface area contributed by atoms with E-state index < -0.39 is 0 Å². The summed E-state index contributed by atoms with van der Waals surface area (Å²) in [5.41, 5.74) is 5.02. The van der Waals surface area contributed by atoms with Gasteiger partial charge < -0.3 is 15.8 Å². The van der Waals surface area contributed by atoms with Crippen molar-refractivity contribution in [1.29, 1.82) is 0 Å². The molecule has 0 saturated carbocycles. The van der Waals surface area contributed by atoms with Crippen LogP contribution in [0.2, 0.25) is 0 Å². The number of ether oxygens (including phenoxy) is 1. The Hall–Kier alpha value is -1.55. The lowest BCUT2D eigenvalue weighted by Crippen LogP contribution is -2.23. The van der Waals surface area contributed by atoms with Gasteiger partial charge in [0.25, 0.3) is 0 Å². The van der Waals surface area contributed by atoms with Crippen molar-refractivity contribution in [2.24, 2.45) is 5.73 Å². The summed E-state index contributed by atoms with van der Waals surface area (Å²) in [6.45, 7) is 2.19. The standard InChI is InChI=1S/C12H18N2O2/c13-12(15)7-4-8-14-9-10-16-11-5-2-1-3-6-11/h1-3,5-6,14H,4,7-10H2,(H2,13,15). The third kappa shape index (κ3) is 6.03. The van der Waals surface area contributed by atoms with E-state index in [4.69, 9.17) is 10.5 Å². The summed E-state index contributed by atoms with van der Waals surface area (Å²) < 4.78 is 5.48. The van der Waals surface area contributed by atoms with Gasteiger partial charge in [0.1, 0.15) is 12.4 Å². The summed E-state index contributed by atoms with van der Waals surface area (Å²) in [5.74, 6) is 0.628. The van der Waals surface area contributed by atoms with E-state index in [0.717, 1.165) is 25.3 Å². The molecule has 0 atom stereocenters. The molecule has 0 aliphatic carbocycles. The Morgan fingerprint density at radius 3 is 2.69 bits per heavy atom. The lowest BCUT2D eigenvalue weighted by Gasteiger charge is -2.06. The summed E-state index contributed by atoms with van der Waals surface area (Å²) in [5, 5.41) is 3.18. The molecule has 0 saturated heterocycles. The molecule has 1 aromatic rings. The summed E-state index contributed by atoms with van der Waals surface area (Å²) in [4.78, 5) is 10.4. The molecule has 0 fully saturated rings. The van der Waals surface area contributed by atoms with Crippen LogP contribution < -0.4 is 15.8 Å². The molecule has 3 N–H and O–H groups in total. The highest BCUT2D eigenvalue weighted by atomic mass is 16.5. The van der Waals surface area contributed by atoms with Crippen molar-refractivity contribution >= 4 is 5.91 Å². The molecule has 16 heavy (non-hydrogen) atoms. The van der Waals surface area contributed by atoms with E-state index in [1.54, 1.807) is 0 Å². The molecule has 0 aromatic heterocycles. The second-order valence-electron chi connectivity index (χ2n) is 3.48. The van der Waals surface area contributed by atoms with Gasteiger partial charge in [0, 0.05) is 13.0 Å². The van der Waals surface area contributed by atoms with E-state index in [9.17, 15) is 4.79 Å². The van der Waals surface area contributed by atoms with Crippen LogP contribution in [0.1, 0.15) is 12.8 Å². The monoisotopic (exact) mass is 222 g/mol. The second kappa shape index (κ2) is 7.70. The number of rotatable bonds is 8. The zero-order valence-corrected chi connectivity index (χ0v) is 9.32. The minimum absolute atomic E-state index is 0.248. The molecular weight excluding hydrogens is 204 g/mol. The normalized spacial score (nSPS) is 10.0. The van der Waals surface area contributed by atoms with Gasteiger partial charge in [0.05, 0.1) is 0 Å². The first-order valence-corrected chi connectivity index (χ1v) is 5.46. The van der Waals surface area contributed by atoms with Crippen molar-refractivity contribution < 1.29 is 9.53 Å². The average Bonchev–Trinajstić information content (AvgIpc) is 2.29. The zero-order valence-electron chi connectivity index (χ0n) is 9.32. The van der Waals surface area contributed by atoms with E-state index in [0.29, 0.717) is 13.0 Å². The van der Waals surface area contributed by atoms with Crippen molar-refractivity contribution in [1.82, 2.24) is 5.32 Å². The van der Waals surface area contributed by atoms with Gasteiger partial charge in [-0.25, -0.2) is 0 Å². The number of amides is 1. The van der Waals surface area contributed by atoms with Crippen LogP contribution in [0.5, 0.6) is 5.75 Å². The summed E-state index contributed by atoms with van der Waals surface area (Å²) in [6.07, 6.45) is 1.22. The Kier molecular flexibility index (Phi) is 6.03. The largest absolute Gasteiger partial charge is 0.492 e. The van der Waals surface area contributed by atoms with E-state index in [-0.39, 0.29) is 5.91 Å². The molecule has 4 heteroatoms. The number of para-hydroxylation sites is 1. The summed E-state index contributed by atoms with van der Waals surface area (Å²) in [7, 11) is 0. The van der Waals surface area contributed by atoms with Crippen molar-refractivity contribution in [2.75, 3.05) is 19.7 Å². The molecule has 0 heterocycles. The topological polar surface area (TPSA) is 64.4 Å². The Balaban J connectivity index is 1.94. The third-order valence-corrected chi connectivity index (χ3v) is 2.07. The molecule has 4 nitrogen and oxygen atoms in total. The fraction of sp³-hybridized carbons (Fsp3) is 0.417. The van der Waals surface area contributed by atoms with Gasteiger partial charge in [0.2, 0.25) is 5.91 Å². The Bertz CT molecular complexity index is 301. The van der Waals surface area contributed by atoms with Crippen molar-refractivity contribution in [3.05, 3.63) is 30.3 Å². The first-order valence-electron chi connectivity index (χ1n) is 5.46. The maximum Gasteiger partial charge on any atom is 0.217 e. The highest BCUT2D eigenvalue weighted by Gasteiger charge is 1.94. The highest BCUT2D eigenvalue weighted by Crippen LogP contribution is 2.07. The summed E-state index contributed by atoms with van der Waals surface area (Å²) >= 11 is 0. The number of benzene rings is 1. The van der Waals surface area contributed by atoms with Gasteiger partial charge in [-0.05, 0) is 25.1 Å². The van der Waals surface area contributed by atoms with Gasteiger partial charge in [-0.2, -0.15) is 0 Å². The predicted octanol–water partition coefficient (Wildman–Crippen LogP) is 0.920. The minimum atomic E-state index is -0.248. The smallest absolute Gasteiger partial charge is 0.217 e. The van der Waals surface area contributed by atoms with E-state index in [2.05, 4.69) is 5.32 Å². The van der Waals surface area contributed by atoms with Gasteiger partial charge in [-0.1, -0.05) is 18.2 Å². The molecule has 1 rings (SSSR count). The maximum absolute atomic E-state index is 10.4. The predicted molar refractivity (Wildman–Crippen MR) is 63.2 cm³/mol. The van der Waals surface area contributed by atoms with Crippen molar-refractivity contribution in [2.45, 2.75) is 12.8 Å². The highest BCUT2D eigenvalue weighted by molar-refractivity contribution is 5.73. The van der Waals surface area contributed by atoms with Crippen LogP contribution in [0.4, 0.5) is 0 Å². The molecule has 0 bridgehead atoms. The summed E-state index contributed by atoms with van der Waals surface area (Å²) in [6, 6.07) is 9.68. The molecule has 0 aliphatic rings. The Labute approximate surface area is 95.8 Å². The van der Waals surface area contributed by atoms with Crippen molar-refractivity contribution in [3.8, 4) is 5.75 Å². The molecule has 0 unspecified atom stereocenters. The molecule has 1 aromatic carbocycles. The molecular formula is C12H18N2O2. The minimum Gasteiger partial charge on any atom is -0.492 e. The molecule has 88 valence electrons. The maximum atomic E-state index is 10.4. The molecule has 1 amide bonds. The van der Waals surface area contributed by atoms with Crippen LogP contribution in [0.25, 0.3) is 0 Å². The van der Waals surface area contributed by atoms with Crippen LogP contribution in [0.3, 0.4) is 0 Å². The lowest BCUT2D eigenvalue weighted by atomic mass is 10.3. The number of nitrogens with one attached hydrogen (secondary N) is 1. The fourth-order valence-electron chi connectivity index (χ4n) is 1.27.